The van der Waals surface area contributed by atoms with Crippen LogP contribution in [0.2, 0.25) is 0 Å². The predicted molar refractivity (Wildman–Crippen MR) is 109 cm³/mol. The molecule has 5 heteroatoms. The van der Waals surface area contributed by atoms with Gasteiger partial charge in [-0.2, -0.15) is 5.10 Å². The first-order valence-corrected chi connectivity index (χ1v) is 9.55. The van der Waals surface area contributed by atoms with Crippen LogP contribution in [0.4, 0.5) is 0 Å². The lowest BCUT2D eigenvalue weighted by molar-refractivity contribution is 0.119. The Kier molecular flexibility index (Phi) is 5.75. The second kappa shape index (κ2) is 7.71. The summed E-state index contributed by atoms with van der Waals surface area (Å²) in [5, 5.41) is 4.37. The highest BCUT2D eigenvalue weighted by molar-refractivity contribution is 5.85. The van der Waals surface area contributed by atoms with Crippen molar-refractivity contribution in [3.8, 4) is 0 Å². The molecule has 0 unspecified atom stereocenters. The van der Waals surface area contributed by atoms with Crippen molar-refractivity contribution in [3.05, 3.63) is 52.8 Å². The van der Waals surface area contributed by atoms with Crippen molar-refractivity contribution in [2.45, 2.75) is 38.6 Å². The zero-order chi connectivity index (χ0) is 17.4. The van der Waals surface area contributed by atoms with Gasteiger partial charge in [-0.1, -0.05) is 29.8 Å². The van der Waals surface area contributed by atoms with Gasteiger partial charge in [0.1, 0.15) is 0 Å². The lowest BCUT2D eigenvalue weighted by Crippen LogP contribution is -2.48. The first-order chi connectivity index (χ1) is 12.1. The standard InChI is InChI=1S/C21H30N4.ClH/c1-17-4-6-20(7-5-17)21(8-9-21)16-25-12-10-24(11-13-25)15-19-14-22-23(3)18(19)2;/h4-7,14H,8-13,15-16H2,1-3H3;1H. The van der Waals surface area contributed by atoms with Gasteiger partial charge in [0.05, 0.1) is 6.20 Å². The molecule has 0 spiro atoms. The summed E-state index contributed by atoms with van der Waals surface area (Å²) in [5.41, 5.74) is 6.01. The van der Waals surface area contributed by atoms with Crippen LogP contribution in [0.1, 0.15) is 35.2 Å². The lowest BCUT2D eigenvalue weighted by Gasteiger charge is -2.36. The van der Waals surface area contributed by atoms with Crippen LogP contribution in [0.25, 0.3) is 0 Å². The second-order valence-electron chi connectivity index (χ2n) is 8.08. The van der Waals surface area contributed by atoms with Crippen LogP contribution < -0.4 is 0 Å². The van der Waals surface area contributed by atoms with E-state index in [1.165, 1.54) is 49.3 Å². The van der Waals surface area contributed by atoms with Crippen LogP contribution >= 0.6 is 12.4 Å². The maximum absolute atomic E-state index is 4.37. The SMILES string of the molecule is Cc1ccc(C2(CN3CCN(Cc4cnn(C)c4C)CC3)CC2)cc1.Cl. The summed E-state index contributed by atoms with van der Waals surface area (Å²) in [7, 11) is 2.02. The average Bonchev–Trinajstić information content (AvgIpc) is 3.33. The first-order valence-electron chi connectivity index (χ1n) is 9.55. The molecule has 1 aliphatic heterocycles. The van der Waals surface area contributed by atoms with Gasteiger partial charge in [0.25, 0.3) is 0 Å². The summed E-state index contributed by atoms with van der Waals surface area (Å²) in [6.07, 6.45) is 4.73. The van der Waals surface area contributed by atoms with Gasteiger partial charge in [-0.15, -0.1) is 12.4 Å². The molecule has 2 fully saturated rings. The summed E-state index contributed by atoms with van der Waals surface area (Å²) >= 11 is 0. The van der Waals surface area contributed by atoms with E-state index in [1.807, 2.05) is 17.9 Å². The molecule has 0 bridgehead atoms. The summed E-state index contributed by atoms with van der Waals surface area (Å²) in [5.74, 6) is 0. The minimum atomic E-state index is 0. The van der Waals surface area contributed by atoms with Crippen molar-refractivity contribution >= 4 is 12.4 Å². The molecule has 0 atom stereocenters. The van der Waals surface area contributed by atoms with E-state index in [4.69, 9.17) is 0 Å². The van der Waals surface area contributed by atoms with Crippen LogP contribution in [0, 0.1) is 13.8 Å². The molecule has 0 amide bonds. The summed E-state index contributed by atoms with van der Waals surface area (Å²) in [6.45, 7) is 11.3. The topological polar surface area (TPSA) is 24.3 Å². The number of aryl methyl sites for hydroxylation is 2. The summed E-state index contributed by atoms with van der Waals surface area (Å²) in [6, 6.07) is 9.24. The smallest absolute Gasteiger partial charge is 0.0537 e. The van der Waals surface area contributed by atoms with E-state index in [0.29, 0.717) is 5.41 Å². The molecule has 26 heavy (non-hydrogen) atoms. The van der Waals surface area contributed by atoms with E-state index in [1.54, 1.807) is 5.56 Å². The molecule has 2 aromatic rings. The van der Waals surface area contributed by atoms with Crippen LogP contribution in [-0.4, -0.2) is 52.3 Å². The fraction of sp³-hybridized carbons (Fsp3) is 0.571. The number of benzene rings is 1. The summed E-state index contributed by atoms with van der Waals surface area (Å²) < 4.78 is 1.98. The van der Waals surface area contributed by atoms with Gasteiger partial charge in [-0.25, -0.2) is 0 Å². The lowest BCUT2D eigenvalue weighted by atomic mass is 9.94. The third kappa shape index (κ3) is 3.98. The van der Waals surface area contributed by atoms with Gasteiger partial charge >= 0.3 is 0 Å². The Balaban J connectivity index is 0.00000196. The van der Waals surface area contributed by atoms with Crippen LogP contribution in [0.15, 0.2) is 30.5 Å². The Morgan fingerprint density at radius 2 is 1.58 bits per heavy atom. The third-order valence-corrected chi connectivity index (χ3v) is 6.24. The van der Waals surface area contributed by atoms with Gasteiger partial charge < -0.3 is 0 Å². The van der Waals surface area contributed by atoms with Crippen LogP contribution in [0.3, 0.4) is 0 Å². The monoisotopic (exact) mass is 374 g/mol. The minimum absolute atomic E-state index is 0. The number of nitrogens with zero attached hydrogens (tertiary/aromatic N) is 4. The molecule has 1 saturated heterocycles. The molecule has 1 saturated carbocycles. The van der Waals surface area contributed by atoms with Gasteiger partial charge in [0, 0.05) is 63.0 Å². The molecule has 1 aliphatic carbocycles. The molecule has 0 N–H and O–H groups in total. The van der Waals surface area contributed by atoms with Crippen molar-refractivity contribution in [2.75, 3.05) is 32.7 Å². The highest BCUT2D eigenvalue weighted by Gasteiger charge is 2.45. The quantitative estimate of drug-likeness (QED) is 0.802. The minimum Gasteiger partial charge on any atom is -0.300 e. The van der Waals surface area contributed by atoms with Gasteiger partial charge in [0.15, 0.2) is 0 Å². The van der Waals surface area contributed by atoms with E-state index in [0.717, 1.165) is 19.6 Å². The molecule has 142 valence electrons. The number of aromatic nitrogens is 2. The first kappa shape index (κ1) is 19.4. The maximum atomic E-state index is 4.37. The Labute approximate surface area is 163 Å². The number of rotatable bonds is 5. The average molecular weight is 375 g/mol. The normalized spacial score (nSPS) is 20.0. The Morgan fingerprint density at radius 3 is 2.12 bits per heavy atom. The fourth-order valence-corrected chi connectivity index (χ4v) is 4.07. The fourth-order valence-electron chi connectivity index (χ4n) is 4.07. The molecular weight excluding hydrogens is 344 g/mol. The number of halogens is 1. The van der Waals surface area contributed by atoms with Crippen molar-refractivity contribution < 1.29 is 0 Å². The highest BCUT2D eigenvalue weighted by Crippen LogP contribution is 2.48. The molecular formula is C21H31ClN4. The maximum Gasteiger partial charge on any atom is 0.0537 e. The molecule has 2 heterocycles. The predicted octanol–water partition coefficient (Wildman–Crippen LogP) is 3.31. The molecule has 0 radical (unpaired) electrons. The van der Waals surface area contributed by atoms with Crippen molar-refractivity contribution in [3.63, 3.8) is 0 Å². The van der Waals surface area contributed by atoms with E-state index in [-0.39, 0.29) is 12.4 Å². The van der Waals surface area contributed by atoms with Crippen LogP contribution in [-0.2, 0) is 19.0 Å². The van der Waals surface area contributed by atoms with E-state index >= 15 is 0 Å². The number of piperazine rings is 1. The van der Waals surface area contributed by atoms with Crippen molar-refractivity contribution in [1.82, 2.24) is 19.6 Å². The Morgan fingerprint density at radius 1 is 0.962 bits per heavy atom. The Bertz CT molecular complexity index is 725. The largest absolute Gasteiger partial charge is 0.300 e. The van der Waals surface area contributed by atoms with Crippen molar-refractivity contribution in [2.24, 2.45) is 7.05 Å². The van der Waals surface area contributed by atoms with Crippen LogP contribution in [0.5, 0.6) is 0 Å². The number of hydrogen-bond donors (Lipinski definition) is 0. The number of hydrogen-bond acceptors (Lipinski definition) is 3. The Hall–Kier alpha value is -1.36. The molecule has 2 aliphatic rings. The van der Waals surface area contributed by atoms with Gasteiger partial charge in [-0.3, -0.25) is 14.5 Å². The van der Waals surface area contributed by atoms with Gasteiger partial charge in [-0.05, 0) is 32.3 Å². The highest BCUT2D eigenvalue weighted by atomic mass is 35.5. The molecule has 4 rings (SSSR count). The van der Waals surface area contributed by atoms with Crippen molar-refractivity contribution in [1.29, 1.82) is 0 Å². The van der Waals surface area contributed by atoms with E-state index in [2.05, 4.69) is 53.0 Å². The van der Waals surface area contributed by atoms with Gasteiger partial charge in [0.2, 0.25) is 0 Å². The summed E-state index contributed by atoms with van der Waals surface area (Å²) in [4.78, 5) is 5.26. The molecule has 1 aromatic carbocycles. The zero-order valence-electron chi connectivity index (χ0n) is 16.2. The molecule has 4 nitrogen and oxygen atoms in total. The van der Waals surface area contributed by atoms with E-state index < -0.39 is 0 Å². The zero-order valence-corrected chi connectivity index (χ0v) is 17.1. The second-order valence-corrected chi connectivity index (χ2v) is 8.08. The third-order valence-electron chi connectivity index (χ3n) is 6.24. The van der Waals surface area contributed by atoms with E-state index in [9.17, 15) is 0 Å². The molecule has 1 aromatic heterocycles.